The van der Waals surface area contributed by atoms with Crippen LogP contribution in [-0.4, -0.2) is 54.7 Å². The molecule has 0 spiro atoms. The highest BCUT2D eigenvalue weighted by molar-refractivity contribution is 7.86. The van der Waals surface area contributed by atoms with Gasteiger partial charge in [0.25, 0.3) is 16.1 Å². The third-order valence-corrected chi connectivity index (χ3v) is 4.05. The van der Waals surface area contributed by atoms with Crippen molar-refractivity contribution in [2.75, 3.05) is 26.2 Å². The first-order valence-electron chi connectivity index (χ1n) is 5.68. The summed E-state index contributed by atoms with van der Waals surface area (Å²) in [5, 5.41) is 4.96. The SMILES string of the molecule is NS(=O)(=O)N1CCN(C(=O)c2ccnc(F)c2F)CC1. The summed E-state index contributed by atoms with van der Waals surface area (Å²) in [5.41, 5.74) is -0.429. The molecule has 2 rings (SSSR count). The summed E-state index contributed by atoms with van der Waals surface area (Å²) in [6.45, 7) is 0.136. The Labute approximate surface area is 114 Å². The molecule has 1 aromatic rings. The predicted molar refractivity (Wildman–Crippen MR) is 64.7 cm³/mol. The van der Waals surface area contributed by atoms with Crippen molar-refractivity contribution in [3.05, 3.63) is 29.6 Å². The molecular formula is C10H12F2N4O3S. The summed E-state index contributed by atoms with van der Waals surface area (Å²) in [7, 11) is -3.80. The van der Waals surface area contributed by atoms with Crippen LogP contribution in [0.4, 0.5) is 8.78 Å². The summed E-state index contributed by atoms with van der Waals surface area (Å²) >= 11 is 0. The van der Waals surface area contributed by atoms with Gasteiger partial charge in [-0.3, -0.25) is 4.79 Å². The van der Waals surface area contributed by atoms with Crippen LogP contribution in [0.1, 0.15) is 10.4 Å². The van der Waals surface area contributed by atoms with Crippen LogP contribution < -0.4 is 5.14 Å². The van der Waals surface area contributed by atoms with Crippen molar-refractivity contribution in [2.24, 2.45) is 5.14 Å². The molecule has 0 saturated carbocycles. The molecule has 1 fully saturated rings. The Morgan fingerprint density at radius 3 is 2.40 bits per heavy atom. The summed E-state index contributed by atoms with van der Waals surface area (Å²) in [6, 6.07) is 1.08. The molecule has 2 heterocycles. The second-order valence-electron chi connectivity index (χ2n) is 4.20. The highest BCUT2D eigenvalue weighted by Gasteiger charge is 2.28. The summed E-state index contributed by atoms with van der Waals surface area (Å²) in [6.07, 6.45) is 0.992. The number of nitrogens with zero attached hydrogens (tertiary/aromatic N) is 3. The topological polar surface area (TPSA) is 96.6 Å². The zero-order chi connectivity index (χ0) is 14.9. The molecule has 1 saturated heterocycles. The molecule has 0 bridgehead atoms. The zero-order valence-electron chi connectivity index (χ0n) is 10.3. The number of pyridine rings is 1. The second-order valence-corrected chi connectivity index (χ2v) is 5.75. The van der Waals surface area contributed by atoms with Crippen molar-refractivity contribution in [1.82, 2.24) is 14.2 Å². The van der Waals surface area contributed by atoms with Crippen molar-refractivity contribution in [3.63, 3.8) is 0 Å². The van der Waals surface area contributed by atoms with Crippen molar-refractivity contribution in [2.45, 2.75) is 0 Å². The van der Waals surface area contributed by atoms with Crippen LogP contribution in [0.15, 0.2) is 12.3 Å². The van der Waals surface area contributed by atoms with Crippen molar-refractivity contribution < 1.29 is 22.0 Å². The van der Waals surface area contributed by atoms with Crippen LogP contribution >= 0.6 is 0 Å². The van der Waals surface area contributed by atoms with E-state index in [9.17, 15) is 22.0 Å². The minimum atomic E-state index is -3.80. The molecule has 0 atom stereocenters. The van der Waals surface area contributed by atoms with Crippen molar-refractivity contribution in [1.29, 1.82) is 0 Å². The van der Waals surface area contributed by atoms with Gasteiger partial charge in [-0.1, -0.05) is 0 Å². The smallest absolute Gasteiger partial charge is 0.277 e. The van der Waals surface area contributed by atoms with Crippen LogP contribution in [0.5, 0.6) is 0 Å². The van der Waals surface area contributed by atoms with Gasteiger partial charge in [-0.2, -0.15) is 17.1 Å². The van der Waals surface area contributed by atoms with E-state index in [0.29, 0.717) is 0 Å². The Morgan fingerprint density at radius 1 is 1.25 bits per heavy atom. The highest BCUT2D eigenvalue weighted by atomic mass is 32.2. The predicted octanol–water partition coefficient (Wildman–Crippen LogP) is -0.679. The van der Waals surface area contributed by atoms with Gasteiger partial charge in [-0.25, -0.2) is 14.5 Å². The lowest BCUT2D eigenvalue weighted by Crippen LogP contribution is -2.52. The van der Waals surface area contributed by atoms with Crippen LogP contribution in [0, 0.1) is 11.8 Å². The molecule has 7 nitrogen and oxygen atoms in total. The molecule has 0 radical (unpaired) electrons. The molecule has 0 aliphatic carbocycles. The Balaban J connectivity index is 2.11. The monoisotopic (exact) mass is 306 g/mol. The van der Waals surface area contributed by atoms with Gasteiger partial charge < -0.3 is 4.90 Å². The van der Waals surface area contributed by atoms with E-state index >= 15 is 0 Å². The fourth-order valence-electron chi connectivity index (χ4n) is 1.90. The Bertz CT molecular complexity index is 629. The fourth-order valence-corrected chi connectivity index (χ4v) is 2.57. The lowest BCUT2D eigenvalue weighted by Gasteiger charge is -2.32. The highest BCUT2D eigenvalue weighted by Crippen LogP contribution is 2.14. The Kier molecular flexibility index (Phi) is 3.97. The maximum Gasteiger partial charge on any atom is 0.277 e. The molecule has 0 unspecified atom stereocenters. The summed E-state index contributed by atoms with van der Waals surface area (Å²) in [4.78, 5) is 16.4. The third kappa shape index (κ3) is 2.92. The number of carbonyl (C=O) groups is 1. The Morgan fingerprint density at radius 2 is 1.85 bits per heavy atom. The number of hydrogen-bond donors (Lipinski definition) is 1. The van der Waals surface area contributed by atoms with E-state index < -0.39 is 33.4 Å². The molecule has 1 aromatic heterocycles. The van der Waals surface area contributed by atoms with E-state index in [4.69, 9.17) is 5.14 Å². The van der Waals surface area contributed by atoms with Gasteiger partial charge in [0, 0.05) is 32.4 Å². The van der Waals surface area contributed by atoms with Gasteiger partial charge in [-0.15, -0.1) is 0 Å². The largest absolute Gasteiger partial charge is 0.336 e. The maximum absolute atomic E-state index is 13.5. The van der Waals surface area contributed by atoms with E-state index in [-0.39, 0.29) is 26.2 Å². The molecule has 2 N–H and O–H groups in total. The molecule has 10 heteroatoms. The first kappa shape index (κ1) is 14.8. The van der Waals surface area contributed by atoms with Gasteiger partial charge in [0.15, 0.2) is 5.82 Å². The van der Waals surface area contributed by atoms with Crippen LogP contribution in [0.25, 0.3) is 0 Å². The van der Waals surface area contributed by atoms with Gasteiger partial charge in [0.2, 0.25) is 5.95 Å². The normalized spacial score (nSPS) is 17.2. The lowest BCUT2D eigenvalue weighted by atomic mass is 10.2. The van der Waals surface area contributed by atoms with Crippen LogP contribution in [0.3, 0.4) is 0 Å². The third-order valence-electron chi connectivity index (χ3n) is 2.96. The first-order valence-corrected chi connectivity index (χ1v) is 7.18. The first-order chi connectivity index (χ1) is 9.30. The van der Waals surface area contributed by atoms with E-state index in [1.807, 2.05) is 0 Å². The van der Waals surface area contributed by atoms with Gasteiger partial charge >= 0.3 is 0 Å². The standard InChI is InChI=1S/C10H12F2N4O3S/c11-8-7(1-2-14-9(8)12)10(17)15-3-5-16(6-4-15)20(13,18)19/h1-2H,3-6H2,(H2,13,18,19). The van der Waals surface area contributed by atoms with Crippen molar-refractivity contribution >= 4 is 16.1 Å². The van der Waals surface area contributed by atoms with E-state index in [1.54, 1.807) is 0 Å². The molecule has 1 aliphatic rings. The Hall–Kier alpha value is -1.65. The number of aromatic nitrogens is 1. The van der Waals surface area contributed by atoms with E-state index in [2.05, 4.69) is 4.98 Å². The summed E-state index contributed by atoms with van der Waals surface area (Å²) in [5.74, 6) is -3.37. The quantitative estimate of drug-likeness (QED) is 0.732. The van der Waals surface area contributed by atoms with E-state index in [1.165, 1.54) is 4.90 Å². The molecule has 0 aromatic carbocycles. The maximum atomic E-state index is 13.5. The molecule has 110 valence electrons. The second kappa shape index (κ2) is 5.38. The number of hydrogen-bond acceptors (Lipinski definition) is 4. The molecule has 1 aliphatic heterocycles. The minimum absolute atomic E-state index is 0.0136. The van der Waals surface area contributed by atoms with Gasteiger partial charge in [0.1, 0.15) is 0 Å². The van der Waals surface area contributed by atoms with E-state index in [0.717, 1.165) is 16.6 Å². The fraction of sp³-hybridized carbons (Fsp3) is 0.400. The minimum Gasteiger partial charge on any atom is -0.336 e. The molecule has 1 amide bonds. The summed E-state index contributed by atoms with van der Waals surface area (Å²) < 4.78 is 49.7. The van der Waals surface area contributed by atoms with Gasteiger partial charge in [0.05, 0.1) is 5.56 Å². The number of amides is 1. The van der Waals surface area contributed by atoms with Crippen LogP contribution in [-0.2, 0) is 10.2 Å². The van der Waals surface area contributed by atoms with Crippen LogP contribution in [0.2, 0.25) is 0 Å². The zero-order valence-corrected chi connectivity index (χ0v) is 11.1. The number of halogens is 2. The molecular weight excluding hydrogens is 294 g/mol. The lowest BCUT2D eigenvalue weighted by molar-refractivity contribution is 0.0691. The number of carbonyl (C=O) groups excluding carboxylic acids is 1. The average molecular weight is 306 g/mol. The molecule has 20 heavy (non-hydrogen) atoms. The van der Waals surface area contributed by atoms with Crippen molar-refractivity contribution in [3.8, 4) is 0 Å². The number of rotatable bonds is 2. The number of nitrogens with two attached hydrogens (primary N) is 1. The van der Waals surface area contributed by atoms with Gasteiger partial charge in [-0.05, 0) is 6.07 Å². The number of piperazine rings is 1. The average Bonchev–Trinajstić information content (AvgIpc) is 2.40.